The molecule has 1 aliphatic heterocycles. The molecule has 1 aromatic carbocycles. The lowest BCUT2D eigenvalue weighted by atomic mass is 10.1. The van der Waals surface area contributed by atoms with E-state index in [0.717, 1.165) is 0 Å². The van der Waals surface area contributed by atoms with E-state index in [1.165, 1.54) is 4.31 Å². The van der Waals surface area contributed by atoms with Crippen LogP contribution in [0.1, 0.15) is 39.2 Å². The number of aromatic nitrogens is 1. The Morgan fingerprint density at radius 1 is 1.36 bits per heavy atom. The van der Waals surface area contributed by atoms with Gasteiger partial charge in [0.2, 0.25) is 10.0 Å². The number of amides is 1. The lowest BCUT2D eigenvalue weighted by molar-refractivity contribution is 0.0480. The second-order valence-electron chi connectivity index (χ2n) is 7.71. The summed E-state index contributed by atoms with van der Waals surface area (Å²) in [6, 6.07) is 5.08. The summed E-state index contributed by atoms with van der Waals surface area (Å²) in [5.41, 5.74) is -0.0130. The maximum atomic E-state index is 13.5. The SMILES string of the molecule is C=Cc1cncc2cccc(S(=O)(=O)N3CCCC3NC(=O)OC(C)(C)C)c12. The number of rotatable bonds is 4. The Kier molecular flexibility index (Phi) is 5.45. The van der Waals surface area contributed by atoms with Crippen LogP contribution in [0.4, 0.5) is 4.79 Å². The molecule has 1 atom stereocenters. The Hall–Kier alpha value is -2.45. The zero-order chi connectivity index (χ0) is 20.5. The van der Waals surface area contributed by atoms with Crippen molar-refractivity contribution in [1.82, 2.24) is 14.6 Å². The van der Waals surface area contributed by atoms with E-state index in [0.29, 0.717) is 35.7 Å². The summed E-state index contributed by atoms with van der Waals surface area (Å²) in [4.78, 5) is 16.5. The highest BCUT2D eigenvalue weighted by atomic mass is 32.2. The van der Waals surface area contributed by atoms with Gasteiger partial charge >= 0.3 is 6.09 Å². The number of alkyl carbamates (subject to hydrolysis) is 1. The monoisotopic (exact) mass is 403 g/mol. The molecule has 1 N–H and O–H groups in total. The number of benzene rings is 1. The van der Waals surface area contributed by atoms with Gasteiger partial charge in [-0.05, 0) is 39.7 Å². The molecule has 2 aromatic rings. The van der Waals surface area contributed by atoms with Crippen molar-refractivity contribution in [2.45, 2.75) is 50.3 Å². The molecule has 2 heterocycles. The van der Waals surface area contributed by atoms with E-state index in [4.69, 9.17) is 4.74 Å². The number of pyridine rings is 1. The van der Waals surface area contributed by atoms with E-state index in [1.807, 2.05) is 6.07 Å². The summed E-state index contributed by atoms with van der Waals surface area (Å²) >= 11 is 0. The number of nitrogens with zero attached hydrogens (tertiary/aromatic N) is 2. The number of hydrogen-bond acceptors (Lipinski definition) is 5. The highest BCUT2D eigenvalue weighted by molar-refractivity contribution is 7.89. The van der Waals surface area contributed by atoms with Crippen molar-refractivity contribution in [3.05, 3.63) is 42.7 Å². The molecule has 1 amide bonds. The first-order chi connectivity index (χ1) is 13.1. The first-order valence-corrected chi connectivity index (χ1v) is 10.6. The average molecular weight is 404 g/mol. The summed E-state index contributed by atoms with van der Waals surface area (Å²) in [5.74, 6) is 0. The van der Waals surface area contributed by atoms with Crippen molar-refractivity contribution in [2.24, 2.45) is 0 Å². The third-order valence-corrected chi connectivity index (χ3v) is 6.42. The Labute approximate surface area is 165 Å². The van der Waals surface area contributed by atoms with E-state index in [9.17, 15) is 13.2 Å². The smallest absolute Gasteiger partial charge is 0.408 e. The summed E-state index contributed by atoms with van der Waals surface area (Å²) < 4.78 is 33.6. The standard InChI is InChI=1S/C20H25N3O4S/c1-5-14-12-21-13-15-8-6-9-16(18(14)15)28(25,26)23-11-7-10-17(23)22-19(24)27-20(2,3)4/h5-6,8-9,12-13,17H,1,7,10-11H2,2-4H3,(H,22,24). The zero-order valence-electron chi connectivity index (χ0n) is 16.3. The minimum atomic E-state index is -3.85. The van der Waals surface area contributed by atoms with Gasteiger partial charge in [-0.25, -0.2) is 13.2 Å². The number of carbonyl (C=O) groups is 1. The van der Waals surface area contributed by atoms with Gasteiger partial charge in [0.15, 0.2) is 0 Å². The van der Waals surface area contributed by atoms with Gasteiger partial charge in [-0.15, -0.1) is 0 Å². The summed E-state index contributed by atoms with van der Waals surface area (Å²) in [6.45, 7) is 9.38. The average Bonchev–Trinajstić information content (AvgIpc) is 3.07. The predicted molar refractivity (Wildman–Crippen MR) is 108 cm³/mol. The third kappa shape index (κ3) is 4.02. The maximum absolute atomic E-state index is 13.5. The van der Waals surface area contributed by atoms with Crippen molar-refractivity contribution in [3.8, 4) is 0 Å². The third-order valence-electron chi connectivity index (χ3n) is 4.47. The first-order valence-electron chi connectivity index (χ1n) is 9.14. The highest BCUT2D eigenvalue weighted by Gasteiger charge is 2.38. The number of sulfonamides is 1. The lowest BCUT2D eigenvalue weighted by Crippen LogP contribution is -2.48. The molecule has 0 saturated carbocycles. The summed E-state index contributed by atoms with van der Waals surface area (Å²) in [7, 11) is -3.85. The molecule has 0 spiro atoms. The van der Waals surface area contributed by atoms with Crippen molar-refractivity contribution in [2.75, 3.05) is 6.54 Å². The van der Waals surface area contributed by atoms with E-state index in [1.54, 1.807) is 51.4 Å². The molecular weight excluding hydrogens is 378 g/mol. The van der Waals surface area contributed by atoms with Gasteiger partial charge in [0.05, 0.1) is 11.1 Å². The Bertz CT molecular complexity index is 1010. The van der Waals surface area contributed by atoms with E-state index in [-0.39, 0.29) is 4.90 Å². The van der Waals surface area contributed by atoms with Gasteiger partial charge in [0.1, 0.15) is 5.60 Å². The van der Waals surface area contributed by atoms with Crippen LogP contribution in [-0.4, -0.2) is 42.1 Å². The molecule has 1 saturated heterocycles. The van der Waals surface area contributed by atoms with Crippen LogP contribution in [0.3, 0.4) is 0 Å². The number of hydrogen-bond donors (Lipinski definition) is 1. The number of nitrogens with one attached hydrogen (secondary N) is 1. The minimum Gasteiger partial charge on any atom is -0.444 e. The van der Waals surface area contributed by atoms with Crippen LogP contribution in [0.25, 0.3) is 16.8 Å². The molecule has 0 radical (unpaired) electrons. The van der Waals surface area contributed by atoms with E-state index in [2.05, 4.69) is 16.9 Å². The number of fused-ring (bicyclic) bond motifs is 1. The molecule has 8 heteroatoms. The molecule has 0 aliphatic carbocycles. The van der Waals surface area contributed by atoms with Crippen LogP contribution < -0.4 is 5.32 Å². The summed E-state index contributed by atoms with van der Waals surface area (Å²) in [6.07, 6.45) is 4.71. The van der Waals surface area contributed by atoms with Crippen LogP contribution in [0, 0.1) is 0 Å². The Morgan fingerprint density at radius 3 is 2.79 bits per heavy atom. The molecular formula is C20H25N3O4S. The van der Waals surface area contributed by atoms with E-state index < -0.39 is 27.9 Å². The topological polar surface area (TPSA) is 88.6 Å². The Balaban J connectivity index is 1.98. The second kappa shape index (κ2) is 7.52. The molecule has 7 nitrogen and oxygen atoms in total. The van der Waals surface area contributed by atoms with Gasteiger partial charge in [-0.2, -0.15) is 4.31 Å². The first kappa shape index (κ1) is 20.3. The quantitative estimate of drug-likeness (QED) is 0.844. The number of ether oxygens (including phenoxy) is 1. The minimum absolute atomic E-state index is 0.181. The van der Waals surface area contributed by atoms with Crippen molar-refractivity contribution < 1.29 is 17.9 Å². The lowest BCUT2D eigenvalue weighted by Gasteiger charge is -2.27. The van der Waals surface area contributed by atoms with Crippen molar-refractivity contribution in [3.63, 3.8) is 0 Å². The zero-order valence-corrected chi connectivity index (χ0v) is 17.1. The Morgan fingerprint density at radius 2 is 2.11 bits per heavy atom. The van der Waals surface area contributed by atoms with Crippen LogP contribution >= 0.6 is 0 Å². The van der Waals surface area contributed by atoms with Gasteiger partial charge in [0.25, 0.3) is 0 Å². The predicted octanol–water partition coefficient (Wildman–Crippen LogP) is 3.51. The molecule has 0 bridgehead atoms. The van der Waals surface area contributed by atoms with Crippen molar-refractivity contribution in [1.29, 1.82) is 0 Å². The molecule has 1 unspecified atom stereocenters. The fourth-order valence-electron chi connectivity index (χ4n) is 3.34. The fourth-order valence-corrected chi connectivity index (χ4v) is 5.20. The molecule has 1 aliphatic rings. The molecule has 1 aromatic heterocycles. The number of carbonyl (C=O) groups excluding carboxylic acids is 1. The van der Waals surface area contributed by atoms with Crippen LogP contribution in [0.15, 0.2) is 42.1 Å². The van der Waals surface area contributed by atoms with Crippen LogP contribution in [-0.2, 0) is 14.8 Å². The van der Waals surface area contributed by atoms with Gasteiger partial charge in [-0.3, -0.25) is 4.98 Å². The van der Waals surface area contributed by atoms with Gasteiger partial charge in [0, 0.05) is 35.3 Å². The molecule has 150 valence electrons. The largest absolute Gasteiger partial charge is 0.444 e. The highest BCUT2D eigenvalue weighted by Crippen LogP contribution is 2.32. The fraction of sp³-hybridized carbons (Fsp3) is 0.400. The summed E-state index contributed by atoms with van der Waals surface area (Å²) in [5, 5.41) is 3.99. The normalized spacial score (nSPS) is 18.2. The maximum Gasteiger partial charge on any atom is 0.408 e. The van der Waals surface area contributed by atoms with Crippen LogP contribution in [0.2, 0.25) is 0 Å². The molecule has 1 fully saturated rings. The van der Waals surface area contributed by atoms with Gasteiger partial charge in [-0.1, -0.05) is 24.8 Å². The van der Waals surface area contributed by atoms with Crippen molar-refractivity contribution >= 4 is 33.0 Å². The van der Waals surface area contributed by atoms with Gasteiger partial charge < -0.3 is 10.1 Å². The van der Waals surface area contributed by atoms with Crippen LogP contribution in [0.5, 0.6) is 0 Å². The molecule has 28 heavy (non-hydrogen) atoms. The second-order valence-corrected chi connectivity index (χ2v) is 9.57. The van der Waals surface area contributed by atoms with E-state index >= 15 is 0 Å². The molecule has 3 rings (SSSR count).